The molecule has 3 aromatic rings. The zero-order valence-corrected chi connectivity index (χ0v) is 15.1. The number of hydrogen-bond donors (Lipinski definition) is 1. The van der Waals surface area contributed by atoms with Crippen molar-refractivity contribution < 1.29 is 4.79 Å². The smallest absolute Gasteiger partial charge is 0.257 e. The minimum absolute atomic E-state index is 0.158. The Kier molecular flexibility index (Phi) is 4.21. The largest absolute Gasteiger partial charge is 0.298 e. The molecule has 24 heavy (non-hydrogen) atoms. The van der Waals surface area contributed by atoms with Crippen molar-refractivity contribution in [2.45, 2.75) is 25.7 Å². The molecule has 0 fully saturated rings. The molecule has 0 bridgehead atoms. The third-order valence-electron chi connectivity index (χ3n) is 4.28. The van der Waals surface area contributed by atoms with Gasteiger partial charge in [0.2, 0.25) is 0 Å². The minimum Gasteiger partial charge on any atom is -0.298 e. The van der Waals surface area contributed by atoms with Gasteiger partial charge in [0.25, 0.3) is 5.91 Å². The van der Waals surface area contributed by atoms with E-state index in [9.17, 15) is 4.79 Å². The minimum atomic E-state index is -0.158. The molecular formula is C18H14Cl2N2OS. The van der Waals surface area contributed by atoms with Gasteiger partial charge in [-0.3, -0.25) is 10.1 Å². The number of aromatic nitrogens is 1. The molecular weight excluding hydrogens is 363 g/mol. The van der Waals surface area contributed by atoms with E-state index in [1.54, 1.807) is 12.1 Å². The summed E-state index contributed by atoms with van der Waals surface area (Å²) in [7, 11) is 0. The summed E-state index contributed by atoms with van der Waals surface area (Å²) in [6.45, 7) is 0. The lowest BCUT2D eigenvalue weighted by Gasteiger charge is -2.16. The van der Waals surface area contributed by atoms with Crippen LogP contribution in [0.5, 0.6) is 0 Å². The lowest BCUT2D eigenvalue weighted by atomic mass is 9.90. The number of nitrogens with zero attached hydrogens (tertiary/aromatic N) is 1. The van der Waals surface area contributed by atoms with E-state index in [2.05, 4.69) is 16.4 Å². The number of benzene rings is 2. The summed E-state index contributed by atoms with van der Waals surface area (Å²) in [6, 6.07) is 9.39. The lowest BCUT2D eigenvalue weighted by molar-refractivity contribution is 0.102. The number of rotatable bonds is 2. The molecule has 0 radical (unpaired) electrons. The van der Waals surface area contributed by atoms with Crippen LogP contribution in [0.2, 0.25) is 10.0 Å². The Morgan fingerprint density at radius 3 is 2.58 bits per heavy atom. The summed E-state index contributed by atoms with van der Waals surface area (Å²) in [5.74, 6) is -0.158. The fraction of sp³-hybridized carbons (Fsp3) is 0.222. The summed E-state index contributed by atoms with van der Waals surface area (Å²) in [5.41, 5.74) is 3.92. The number of halogens is 2. The predicted molar refractivity (Wildman–Crippen MR) is 101 cm³/mol. The monoisotopic (exact) mass is 376 g/mol. The van der Waals surface area contributed by atoms with Gasteiger partial charge in [-0.15, -0.1) is 0 Å². The van der Waals surface area contributed by atoms with Gasteiger partial charge in [0.05, 0.1) is 14.7 Å². The molecule has 0 spiro atoms. The first kappa shape index (κ1) is 15.9. The quantitative estimate of drug-likeness (QED) is 0.619. The Morgan fingerprint density at radius 1 is 1.04 bits per heavy atom. The standard InChI is InChI=1S/C18H14Cl2N2OS/c19-13-7-8-14(20)16-15(13)21-18(24-16)22-17(23)12-6-5-10-3-1-2-4-11(10)9-12/h5-9H,1-4H2,(H,21,22,23). The molecule has 1 aromatic heterocycles. The molecule has 0 saturated heterocycles. The van der Waals surface area contributed by atoms with Crippen LogP contribution in [0.3, 0.4) is 0 Å². The summed E-state index contributed by atoms with van der Waals surface area (Å²) >= 11 is 13.7. The first-order valence-corrected chi connectivity index (χ1v) is 9.37. The highest BCUT2D eigenvalue weighted by molar-refractivity contribution is 7.23. The SMILES string of the molecule is O=C(Nc1nc2c(Cl)ccc(Cl)c2s1)c1ccc2c(c1)CCCC2. The maximum absolute atomic E-state index is 12.5. The van der Waals surface area contributed by atoms with Gasteiger partial charge in [-0.1, -0.05) is 40.6 Å². The van der Waals surface area contributed by atoms with Gasteiger partial charge in [0.1, 0.15) is 5.52 Å². The van der Waals surface area contributed by atoms with Crippen molar-refractivity contribution in [3.05, 3.63) is 57.1 Å². The molecule has 4 rings (SSSR count). The van der Waals surface area contributed by atoms with Crippen LogP contribution in [0.25, 0.3) is 10.2 Å². The summed E-state index contributed by atoms with van der Waals surface area (Å²) in [4.78, 5) is 16.9. The molecule has 3 nitrogen and oxygen atoms in total. The predicted octanol–water partition coefficient (Wildman–Crippen LogP) is 5.73. The number of carbonyl (C=O) groups is 1. The molecule has 1 heterocycles. The van der Waals surface area contributed by atoms with E-state index in [0.717, 1.165) is 17.5 Å². The molecule has 1 amide bonds. The van der Waals surface area contributed by atoms with E-state index < -0.39 is 0 Å². The third kappa shape index (κ3) is 2.90. The zero-order chi connectivity index (χ0) is 16.7. The number of nitrogens with one attached hydrogen (secondary N) is 1. The van der Waals surface area contributed by atoms with Crippen molar-refractivity contribution in [1.82, 2.24) is 4.98 Å². The first-order valence-electron chi connectivity index (χ1n) is 7.79. The van der Waals surface area contributed by atoms with Gasteiger partial charge >= 0.3 is 0 Å². The van der Waals surface area contributed by atoms with Crippen LogP contribution < -0.4 is 5.32 Å². The molecule has 1 aliphatic carbocycles. The second-order valence-corrected chi connectivity index (χ2v) is 7.68. The van der Waals surface area contributed by atoms with Crippen LogP contribution in [0.4, 0.5) is 5.13 Å². The van der Waals surface area contributed by atoms with E-state index in [4.69, 9.17) is 23.2 Å². The van der Waals surface area contributed by atoms with E-state index in [1.807, 2.05) is 12.1 Å². The van der Waals surface area contributed by atoms with Gasteiger partial charge in [-0.2, -0.15) is 0 Å². The summed E-state index contributed by atoms with van der Waals surface area (Å²) < 4.78 is 0.782. The van der Waals surface area contributed by atoms with Crippen LogP contribution in [0.15, 0.2) is 30.3 Å². The zero-order valence-electron chi connectivity index (χ0n) is 12.7. The van der Waals surface area contributed by atoms with Gasteiger partial charge in [-0.05, 0) is 61.1 Å². The fourth-order valence-corrected chi connectivity index (χ4v) is 4.46. The van der Waals surface area contributed by atoms with Crippen molar-refractivity contribution in [3.63, 3.8) is 0 Å². The summed E-state index contributed by atoms with van der Waals surface area (Å²) in [5, 5.41) is 4.47. The lowest BCUT2D eigenvalue weighted by Crippen LogP contribution is -2.13. The maximum atomic E-state index is 12.5. The maximum Gasteiger partial charge on any atom is 0.257 e. The molecule has 0 saturated carbocycles. The van der Waals surface area contributed by atoms with Crippen molar-refractivity contribution >= 4 is 55.8 Å². The fourth-order valence-electron chi connectivity index (χ4n) is 3.04. The highest BCUT2D eigenvalue weighted by Crippen LogP contribution is 2.36. The highest BCUT2D eigenvalue weighted by Gasteiger charge is 2.16. The van der Waals surface area contributed by atoms with Crippen LogP contribution in [-0.4, -0.2) is 10.9 Å². The van der Waals surface area contributed by atoms with Gasteiger partial charge in [0.15, 0.2) is 5.13 Å². The molecule has 0 atom stereocenters. The average Bonchev–Trinajstić information content (AvgIpc) is 3.03. The van der Waals surface area contributed by atoms with Crippen molar-refractivity contribution in [2.24, 2.45) is 0 Å². The molecule has 0 aliphatic heterocycles. The number of amides is 1. The highest BCUT2D eigenvalue weighted by atomic mass is 35.5. The van der Waals surface area contributed by atoms with Gasteiger partial charge < -0.3 is 0 Å². The Labute approximate surface area is 153 Å². The van der Waals surface area contributed by atoms with Crippen LogP contribution in [0.1, 0.15) is 34.3 Å². The van der Waals surface area contributed by atoms with Crippen LogP contribution in [-0.2, 0) is 12.8 Å². The number of aryl methyl sites for hydroxylation is 2. The Hall–Kier alpha value is -1.62. The van der Waals surface area contributed by atoms with Gasteiger partial charge in [-0.25, -0.2) is 4.98 Å². The van der Waals surface area contributed by atoms with E-state index in [1.165, 1.54) is 35.3 Å². The molecule has 0 unspecified atom stereocenters. The Balaban J connectivity index is 1.62. The van der Waals surface area contributed by atoms with Crippen molar-refractivity contribution in [2.75, 3.05) is 5.32 Å². The van der Waals surface area contributed by atoms with Crippen molar-refractivity contribution in [3.8, 4) is 0 Å². The average molecular weight is 377 g/mol. The van der Waals surface area contributed by atoms with Crippen LogP contribution in [0, 0.1) is 0 Å². The third-order valence-corrected chi connectivity index (χ3v) is 6.01. The number of carbonyl (C=O) groups excluding carboxylic acids is 1. The molecule has 1 N–H and O–H groups in total. The van der Waals surface area contributed by atoms with E-state index in [-0.39, 0.29) is 5.91 Å². The Bertz CT molecular complexity index is 913. The topological polar surface area (TPSA) is 42.0 Å². The molecule has 6 heteroatoms. The molecule has 1 aliphatic rings. The first-order chi connectivity index (χ1) is 11.6. The van der Waals surface area contributed by atoms with Crippen LogP contribution >= 0.6 is 34.5 Å². The normalized spacial score (nSPS) is 13.8. The van der Waals surface area contributed by atoms with Crippen molar-refractivity contribution in [1.29, 1.82) is 0 Å². The molecule has 2 aromatic carbocycles. The number of thiazole rings is 1. The second kappa shape index (κ2) is 6.36. The number of hydrogen-bond acceptors (Lipinski definition) is 3. The summed E-state index contributed by atoms with van der Waals surface area (Å²) in [6.07, 6.45) is 4.56. The van der Waals surface area contributed by atoms with Gasteiger partial charge in [0, 0.05) is 5.56 Å². The van der Waals surface area contributed by atoms with E-state index in [0.29, 0.717) is 26.3 Å². The van der Waals surface area contributed by atoms with E-state index >= 15 is 0 Å². The number of anilines is 1. The molecule has 122 valence electrons. The number of fused-ring (bicyclic) bond motifs is 2. The second-order valence-electron chi connectivity index (χ2n) is 5.87. The Morgan fingerprint density at radius 2 is 1.79 bits per heavy atom.